The van der Waals surface area contributed by atoms with Crippen LogP contribution in [0.4, 0.5) is 17.1 Å². The Balaban J connectivity index is 1.60. The van der Waals surface area contributed by atoms with Gasteiger partial charge in [-0.2, -0.15) is 0 Å². The van der Waals surface area contributed by atoms with E-state index >= 15 is 0 Å². The molecular formula is C23H13ClN2O4S. The maximum atomic E-state index is 13.5. The molecule has 1 amide bonds. The van der Waals surface area contributed by atoms with E-state index in [0.29, 0.717) is 16.3 Å². The SMILES string of the molecule is O=C(c1ccc(-c2ccccc2[N+](=O)[O-])o1)N1c2ccccc2Sc2ccc(Cl)cc21. The zero-order valence-electron chi connectivity index (χ0n) is 15.8. The normalized spacial score (nSPS) is 12.2. The Morgan fingerprint density at radius 2 is 1.68 bits per heavy atom. The number of amides is 1. The van der Waals surface area contributed by atoms with E-state index in [-0.39, 0.29) is 23.1 Å². The minimum absolute atomic E-state index is 0.0702. The van der Waals surface area contributed by atoms with Crippen molar-refractivity contribution in [3.63, 3.8) is 0 Å². The van der Waals surface area contributed by atoms with Gasteiger partial charge in [0.15, 0.2) is 5.76 Å². The third-order valence-corrected chi connectivity index (χ3v) is 6.24. The van der Waals surface area contributed by atoms with Crippen molar-refractivity contribution in [2.45, 2.75) is 9.79 Å². The average Bonchev–Trinajstić information content (AvgIpc) is 3.27. The van der Waals surface area contributed by atoms with Gasteiger partial charge in [-0.3, -0.25) is 19.8 Å². The summed E-state index contributed by atoms with van der Waals surface area (Å²) in [6, 6.07) is 22.3. The van der Waals surface area contributed by atoms with Gasteiger partial charge in [0, 0.05) is 20.9 Å². The van der Waals surface area contributed by atoms with Gasteiger partial charge < -0.3 is 4.42 Å². The molecular weight excluding hydrogens is 436 g/mol. The monoisotopic (exact) mass is 448 g/mol. The molecule has 0 fully saturated rings. The van der Waals surface area contributed by atoms with E-state index in [1.807, 2.05) is 30.3 Å². The Hall–Kier alpha value is -3.55. The molecule has 152 valence electrons. The lowest BCUT2D eigenvalue weighted by Gasteiger charge is -2.30. The van der Waals surface area contributed by atoms with E-state index in [2.05, 4.69) is 0 Å². The van der Waals surface area contributed by atoms with E-state index < -0.39 is 4.92 Å². The molecule has 0 radical (unpaired) electrons. The van der Waals surface area contributed by atoms with E-state index in [0.717, 1.165) is 15.5 Å². The molecule has 4 aromatic rings. The van der Waals surface area contributed by atoms with Crippen LogP contribution in [0.2, 0.25) is 5.02 Å². The second-order valence-corrected chi connectivity index (χ2v) is 8.28. The summed E-state index contributed by atoms with van der Waals surface area (Å²) < 4.78 is 5.80. The largest absolute Gasteiger partial charge is 0.451 e. The first-order valence-corrected chi connectivity index (χ1v) is 10.5. The number of para-hydroxylation sites is 2. The quantitative estimate of drug-likeness (QED) is 0.250. The van der Waals surface area contributed by atoms with E-state index in [1.165, 1.54) is 12.1 Å². The predicted octanol–water partition coefficient (Wildman–Crippen LogP) is 6.95. The Bertz CT molecular complexity index is 1350. The molecule has 5 rings (SSSR count). The highest BCUT2D eigenvalue weighted by Crippen LogP contribution is 2.49. The number of nitrogens with zero attached hydrogens (tertiary/aromatic N) is 2. The molecule has 0 aliphatic carbocycles. The molecule has 0 unspecified atom stereocenters. The van der Waals surface area contributed by atoms with Crippen molar-refractivity contribution in [3.05, 3.63) is 99.8 Å². The maximum absolute atomic E-state index is 13.5. The summed E-state index contributed by atoms with van der Waals surface area (Å²) in [5.41, 5.74) is 1.60. The third kappa shape index (κ3) is 3.37. The third-order valence-electron chi connectivity index (χ3n) is 4.87. The Kier molecular flexibility index (Phi) is 4.77. The van der Waals surface area contributed by atoms with Gasteiger partial charge in [-0.25, -0.2) is 0 Å². The van der Waals surface area contributed by atoms with Gasteiger partial charge >= 0.3 is 0 Å². The van der Waals surface area contributed by atoms with Crippen LogP contribution in [0.1, 0.15) is 10.6 Å². The highest BCUT2D eigenvalue weighted by molar-refractivity contribution is 7.99. The van der Waals surface area contributed by atoms with Crippen LogP contribution in [0.5, 0.6) is 0 Å². The molecule has 31 heavy (non-hydrogen) atoms. The van der Waals surface area contributed by atoms with Gasteiger partial charge in [-0.05, 0) is 48.5 Å². The molecule has 0 saturated carbocycles. The average molecular weight is 449 g/mol. The number of hydrogen-bond acceptors (Lipinski definition) is 5. The fourth-order valence-electron chi connectivity index (χ4n) is 3.50. The van der Waals surface area contributed by atoms with Gasteiger partial charge in [0.2, 0.25) is 0 Å². The van der Waals surface area contributed by atoms with Crippen LogP contribution in [0.25, 0.3) is 11.3 Å². The number of carbonyl (C=O) groups is 1. The highest BCUT2D eigenvalue weighted by Gasteiger charge is 2.31. The first-order valence-electron chi connectivity index (χ1n) is 9.27. The van der Waals surface area contributed by atoms with Gasteiger partial charge in [-0.1, -0.05) is 47.6 Å². The van der Waals surface area contributed by atoms with Crippen LogP contribution < -0.4 is 4.90 Å². The minimum atomic E-state index is -0.476. The van der Waals surface area contributed by atoms with Crippen LogP contribution in [0.3, 0.4) is 0 Å². The molecule has 2 heterocycles. The van der Waals surface area contributed by atoms with Gasteiger partial charge in [-0.15, -0.1) is 0 Å². The summed E-state index contributed by atoms with van der Waals surface area (Å²) in [5, 5.41) is 11.9. The van der Waals surface area contributed by atoms with Crippen LogP contribution in [0, 0.1) is 10.1 Å². The minimum Gasteiger partial charge on any atom is -0.451 e. The highest BCUT2D eigenvalue weighted by atomic mass is 35.5. The lowest BCUT2D eigenvalue weighted by Crippen LogP contribution is -2.28. The topological polar surface area (TPSA) is 76.6 Å². The number of nitro benzene ring substituents is 1. The van der Waals surface area contributed by atoms with Gasteiger partial charge in [0.05, 0.1) is 21.9 Å². The van der Waals surface area contributed by atoms with Crippen LogP contribution in [0.15, 0.2) is 93.1 Å². The summed E-state index contributed by atoms with van der Waals surface area (Å²) in [5.74, 6) is -0.0662. The number of halogens is 1. The number of benzene rings is 3. The molecule has 1 aliphatic rings. The standard InChI is InChI=1S/C23H13ClN2O4S/c24-14-9-12-22-18(13-14)25(17-7-3-4-8-21(17)31-22)23(27)20-11-10-19(30-20)15-5-1-2-6-16(15)26(28)29/h1-13H. The molecule has 3 aromatic carbocycles. The fourth-order valence-corrected chi connectivity index (χ4v) is 4.70. The van der Waals surface area contributed by atoms with Gasteiger partial charge in [0.1, 0.15) is 5.76 Å². The number of fused-ring (bicyclic) bond motifs is 2. The molecule has 0 atom stereocenters. The number of hydrogen-bond donors (Lipinski definition) is 0. The summed E-state index contributed by atoms with van der Waals surface area (Å²) in [4.78, 5) is 27.8. The Labute approximate surface area is 186 Å². The van der Waals surface area contributed by atoms with Crippen LogP contribution in [-0.4, -0.2) is 10.8 Å². The predicted molar refractivity (Wildman–Crippen MR) is 119 cm³/mol. The van der Waals surface area contributed by atoms with Crippen molar-refractivity contribution in [2.75, 3.05) is 4.90 Å². The summed E-state index contributed by atoms with van der Waals surface area (Å²) in [6.45, 7) is 0. The van der Waals surface area contributed by atoms with Gasteiger partial charge in [0.25, 0.3) is 11.6 Å². The smallest absolute Gasteiger partial charge is 0.298 e. The number of furan rings is 1. The first kappa shape index (κ1) is 19.4. The lowest BCUT2D eigenvalue weighted by molar-refractivity contribution is -0.384. The van der Waals surface area contributed by atoms with E-state index in [1.54, 1.807) is 53.1 Å². The molecule has 8 heteroatoms. The first-order chi connectivity index (χ1) is 15.0. The Morgan fingerprint density at radius 1 is 0.935 bits per heavy atom. The molecule has 0 saturated heterocycles. The molecule has 6 nitrogen and oxygen atoms in total. The molecule has 1 aliphatic heterocycles. The molecule has 1 aromatic heterocycles. The number of nitro groups is 1. The van der Waals surface area contributed by atoms with E-state index in [4.69, 9.17) is 16.0 Å². The Morgan fingerprint density at radius 3 is 2.52 bits per heavy atom. The van der Waals surface area contributed by atoms with E-state index in [9.17, 15) is 14.9 Å². The zero-order chi connectivity index (χ0) is 21.5. The van der Waals surface area contributed by atoms with Crippen molar-refractivity contribution in [3.8, 4) is 11.3 Å². The van der Waals surface area contributed by atoms with Crippen molar-refractivity contribution in [2.24, 2.45) is 0 Å². The van der Waals surface area contributed by atoms with Crippen molar-refractivity contribution in [1.29, 1.82) is 0 Å². The van der Waals surface area contributed by atoms with Crippen LogP contribution in [-0.2, 0) is 0 Å². The summed E-state index contributed by atoms with van der Waals surface area (Å²) in [6.07, 6.45) is 0. The number of rotatable bonds is 3. The summed E-state index contributed by atoms with van der Waals surface area (Å²) in [7, 11) is 0. The number of carbonyl (C=O) groups excluding carboxylic acids is 1. The fraction of sp³-hybridized carbons (Fsp3) is 0. The second-order valence-electron chi connectivity index (χ2n) is 6.76. The van der Waals surface area contributed by atoms with Crippen molar-refractivity contribution in [1.82, 2.24) is 0 Å². The van der Waals surface area contributed by atoms with Crippen molar-refractivity contribution >= 4 is 46.3 Å². The lowest BCUT2D eigenvalue weighted by atomic mass is 10.1. The van der Waals surface area contributed by atoms with Crippen molar-refractivity contribution < 1.29 is 14.1 Å². The number of anilines is 2. The molecule has 0 bridgehead atoms. The second kappa shape index (κ2) is 7.61. The molecule has 0 N–H and O–H groups in total. The summed E-state index contributed by atoms with van der Waals surface area (Å²) >= 11 is 7.77. The molecule has 0 spiro atoms. The maximum Gasteiger partial charge on any atom is 0.298 e. The van der Waals surface area contributed by atoms with Crippen LogP contribution >= 0.6 is 23.4 Å². The zero-order valence-corrected chi connectivity index (χ0v) is 17.4.